The predicted octanol–water partition coefficient (Wildman–Crippen LogP) is 2.41. The molecule has 1 aliphatic carbocycles. The van der Waals surface area contributed by atoms with Gasteiger partial charge in [-0.1, -0.05) is 43.9 Å². The lowest BCUT2D eigenvalue weighted by Crippen LogP contribution is -2.46. The van der Waals surface area contributed by atoms with Gasteiger partial charge in [0, 0.05) is 30.1 Å². The highest BCUT2D eigenvalue weighted by Crippen LogP contribution is 2.26. The summed E-state index contributed by atoms with van der Waals surface area (Å²) in [7, 11) is 0. The van der Waals surface area contributed by atoms with Gasteiger partial charge in [0.2, 0.25) is 5.56 Å². The van der Waals surface area contributed by atoms with Gasteiger partial charge in [0.05, 0.1) is 5.60 Å². The van der Waals surface area contributed by atoms with Crippen molar-refractivity contribution >= 4 is 16.9 Å². The molecular weight excluding hydrogens is 318 g/mol. The zero-order valence-electron chi connectivity index (χ0n) is 14.3. The molecule has 1 heterocycles. The van der Waals surface area contributed by atoms with Crippen LogP contribution in [0.25, 0.3) is 10.9 Å². The van der Waals surface area contributed by atoms with Crippen molar-refractivity contribution in [1.29, 1.82) is 0 Å². The molecule has 134 valence electrons. The molecular formula is C19H25N3O3. The average Bonchev–Trinajstić information content (AvgIpc) is 2.83. The first-order valence-electron chi connectivity index (χ1n) is 8.91. The summed E-state index contributed by atoms with van der Waals surface area (Å²) < 4.78 is 0. The third kappa shape index (κ3) is 4.60. The molecule has 0 spiro atoms. The Morgan fingerprint density at radius 2 is 1.84 bits per heavy atom. The topological polar surface area (TPSA) is 94.2 Å². The predicted molar refractivity (Wildman–Crippen MR) is 97.5 cm³/mol. The largest absolute Gasteiger partial charge is 0.388 e. The van der Waals surface area contributed by atoms with Gasteiger partial charge in [0.1, 0.15) is 0 Å². The number of benzene rings is 1. The molecule has 0 atom stereocenters. The van der Waals surface area contributed by atoms with Gasteiger partial charge in [0.15, 0.2) is 0 Å². The van der Waals surface area contributed by atoms with Crippen LogP contribution in [0.4, 0.5) is 4.79 Å². The highest BCUT2D eigenvalue weighted by atomic mass is 16.3. The van der Waals surface area contributed by atoms with E-state index in [9.17, 15) is 14.7 Å². The van der Waals surface area contributed by atoms with Gasteiger partial charge < -0.3 is 20.7 Å². The zero-order valence-corrected chi connectivity index (χ0v) is 14.3. The molecule has 2 aromatic rings. The quantitative estimate of drug-likeness (QED) is 0.642. The molecule has 1 saturated carbocycles. The van der Waals surface area contributed by atoms with Crippen molar-refractivity contribution in [2.45, 2.75) is 50.7 Å². The van der Waals surface area contributed by atoms with Crippen LogP contribution in [0.3, 0.4) is 0 Å². The van der Waals surface area contributed by atoms with Gasteiger partial charge >= 0.3 is 6.03 Å². The van der Waals surface area contributed by atoms with Crippen LogP contribution in [0.1, 0.15) is 44.1 Å². The number of aliphatic hydroxyl groups is 1. The Morgan fingerprint density at radius 3 is 2.60 bits per heavy atom. The van der Waals surface area contributed by atoms with E-state index >= 15 is 0 Å². The molecule has 1 aromatic heterocycles. The van der Waals surface area contributed by atoms with Crippen LogP contribution in [-0.4, -0.2) is 28.3 Å². The highest BCUT2D eigenvalue weighted by Gasteiger charge is 2.28. The van der Waals surface area contributed by atoms with Gasteiger partial charge in [-0.25, -0.2) is 4.79 Å². The van der Waals surface area contributed by atoms with E-state index in [1.165, 1.54) is 6.07 Å². The molecule has 0 aliphatic heterocycles. The van der Waals surface area contributed by atoms with Crippen LogP contribution in [0.15, 0.2) is 35.1 Å². The summed E-state index contributed by atoms with van der Waals surface area (Å²) in [6.45, 7) is 0.518. The molecule has 6 nitrogen and oxygen atoms in total. The molecule has 1 aliphatic rings. The van der Waals surface area contributed by atoms with Crippen molar-refractivity contribution in [3.8, 4) is 0 Å². The molecule has 0 radical (unpaired) electrons. The van der Waals surface area contributed by atoms with E-state index in [1.54, 1.807) is 0 Å². The number of hydrogen-bond donors (Lipinski definition) is 4. The molecule has 1 fully saturated rings. The molecule has 1 aromatic carbocycles. The lowest BCUT2D eigenvalue weighted by atomic mass is 9.95. The number of pyridine rings is 1. The van der Waals surface area contributed by atoms with Gasteiger partial charge in [-0.15, -0.1) is 0 Å². The summed E-state index contributed by atoms with van der Waals surface area (Å²) in [4.78, 5) is 26.6. The zero-order chi connectivity index (χ0) is 17.7. The number of nitrogens with one attached hydrogen (secondary N) is 3. The van der Waals surface area contributed by atoms with Crippen molar-refractivity contribution in [3.05, 3.63) is 46.2 Å². The average molecular weight is 343 g/mol. The van der Waals surface area contributed by atoms with E-state index in [1.807, 2.05) is 24.3 Å². The van der Waals surface area contributed by atoms with Crippen molar-refractivity contribution in [2.75, 3.05) is 6.54 Å². The molecule has 4 N–H and O–H groups in total. The van der Waals surface area contributed by atoms with Gasteiger partial charge in [-0.2, -0.15) is 0 Å². The number of amides is 2. The molecule has 0 saturated heterocycles. The van der Waals surface area contributed by atoms with Crippen molar-refractivity contribution in [2.24, 2.45) is 0 Å². The number of urea groups is 1. The first-order valence-corrected chi connectivity index (χ1v) is 8.91. The number of carbonyl (C=O) groups excluding carboxylic acids is 1. The SMILES string of the molecule is O=C(NCc1cc(=O)[nH]c2ccccc12)NCC1(O)CCCCCC1. The van der Waals surface area contributed by atoms with Gasteiger partial charge in [0.25, 0.3) is 0 Å². The van der Waals surface area contributed by atoms with Crippen LogP contribution < -0.4 is 16.2 Å². The Kier molecular flexibility index (Phi) is 5.38. The number of hydrogen-bond acceptors (Lipinski definition) is 3. The van der Waals surface area contributed by atoms with Gasteiger partial charge in [-0.05, 0) is 24.5 Å². The van der Waals surface area contributed by atoms with E-state index in [-0.39, 0.29) is 24.7 Å². The van der Waals surface area contributed by atoms with Crippen LogP contribution in [0.2, 0.25) is 0 Å². The molecule has 0 bridgehead atoms. The van der Waals surface area contributed by atoms with Crippen molar-refractivity contribution in [3.63, 3.8) is 0 Å². The minimum atomic E-state index is -0.801. The number of para-hydroxylation sites is 1. The summed E-state index contributed by atoms with van der Waals surface area (Å²) in [6.07, 6.45) is 5.74. The summed E-state index contributed by atoms with van der Waals surface area (Å²) in [6, 6.07) is 8.67. The van der Waals surface area contributed by atoms with Crippen LogP contribution in [0, 0.1) is 0 Å². The lowest BCUT2D eigenvalue weighted by Gasteiger charge is -2.26. The second-order valence-electron chi connectivity index (χ2n) is 6.88. The van der Waals surface area contributed by atoms with Crippen LogP contribution >= 0.6 is 0 Å². The lowest BCUT2D eigenvalue weighted by molar-refractivity contribution is 0.0277. The maximum Gasteiger partial charge on any atom is 0.315 e. The molecule has 3 rings (SSSR count). The third-order valence-electron chi connectivity index (χ3n) is 4.89. The number of rotatable bonds is 4. The van der Waals surface area contributed by atoms with Crippen LogP contribution in [0.5, 0.6) is 0 Å². The Bertz CT molecular complexity index is 792. The second kappa shape index (κ2) is 7.70. The summed E-state index contributed by atoms with van der Waals surface area (Å²) in [5, 5.41) is 17.0. The summed E-state index contributed by atoms with van der Waals surface area (Å²) in [5.41, 5.74) is 0.524. The second-order valence-corrected chi connectivity index (χ2v) is 6.88. The smallest absolute Gasteiger partial charge is 0.315 e. The fraction of sp³-hybridized carbons (Fsp3) is 0.474. The number of H-pyrrole nitrogens is 1. The molecule has 2 amide bonds. The minimum Gasteiger partial charge on any atom is -0.388 e. The Hall–Kier alpha value is -2.34. The van der Waals surface area contributed by atoms with Gasteiger partial charge in [-0.3, -0.25) is 4.79 Å². The number of fused-ring (bicyclic) bond motifs is 1. The number of aromatic nitrogens is 1. The first-order chi connectivity index (χ1) is 12.1. The van der Waals surface area contributed by atoms with E-state index in [2.05, 4.69) is 15.6 Å². The van der Waals surface area contributed by atoms with E-state index in [0.29, 0.717) is 0 Å². The normalized spacial score (nSPS) is 17.0. The molecule has 25 heavy (non-hydrogen) atoms. The maximum absolute atomic E-state index is 12.1. The Balaban J connectivity index is 1.58. The van der Waals surface area contributed by atoms with E-state index in [0.717, 1.165) is 55.0 Å². The summed E-state index contributed by atoms with van der Waals surface area (Å²) >= 11 is 0. The van der Waals surface area contributed by atoms with E-state index in [4.69, 9.17) is 0 Å². The fourth-order valence-corrected chi connectivity index (χ4v) is 3.47. The van der Waals surface area contributed by atoms with Crippen molar-refractivity contribution in [1.82, 2.24) is 15.6 Å². The first kappa shape index (κ1) is 17.5. The molecule has 6 heteroatoms. The van der Waals surface area contributed by atoms with Crippen LogP contribution in [-0.2, 0) is 6.54 Å². The standard InChI is InChI=1S/C19H25N3O3/c23-17-11-14(15-7-3-4-8-16(15)22-17)12-20-18(24)21-13-19(25)9-5-1-2-6-10-19/h3-4,7-8,11,25H,1-2,5-6,9-10,12-13H2,(H,22,23)(H2,20,21,24). The Labute approximate surface area is 146 Å². The maximum atomic E-state index is 12.1. The van der Waals surface area contributed by atoms with Crippen molar-refractivity contribution < 1.29 is 9.90 Å². The fourth-order valence-electron chi connectivity index (χ4n) is 3.47. The Morgan fingerprint density at radius 1 is 1.12 bits per heavy atom. The minimum absolute atomic E-state index is 0.191. The third-order valence-corrected chi connectivity index (χ3v) is 4.89. The van der Waals surface area contributed by atoms with E-state index < -0.39 is 5.60 Å². The number of aromatic amines is 1. The number of carbonyl (C=O) groups is 1. The monoisotopic (exact) mass is 343 g/mol. The highest BCUT2D eigenvalue weighted by molar-refractivity contribution is 5.82. The summed E-state index contributed by atoms with van der Waals surface area (Å²) in [5.74, 6) is 0. The molecule has 0 unspecified atom stereocenters.